The summed E-state index contributed by atoms with van der Waals surface area (Å²) in [6, 6.07) is 8.92. The summed E-state index contributed by atoms with van der Waals surface area (Å²) in [6.45, 7) is 6.69. The van der Waals surface area contributed by atoms with Crippen LogP contribution in [0, 0.1) is 11.3 Å². The second-order valence-electron chi connectivity index (χ2n) is 6.37. The highest BCUT2D eigenvalue weighted by Gasteiger charge is 2.33. The van der Waals surface area contributed by atoms with Crippen molar-refractivity contribution in [2.75, 3.05) is 0 Å². The van der Waals surface area contributed by atoms with Crippen LogP contribution in [0.3, 0.4) is 0 Å². The third kappa shape index (κ3) is 4.06. The van der Waals surface area contributed by atoms with Crippen molar-refractivity contribution in [2.45, 2.75) is 46.1 Å². The third-order valence-electron chi connectivity index (χ3n) is 3.62. The van der Waals surface area contributed by atoms with Gasteiger partial charge < -0.3 is 0 Å². The van der Waals surface area contributed by atoms with Crippen LogP contribution in [0.25, 0.3) is 0 Å². The van der Waals surface area contributed by atoms with E-state index in [9.17, 15) is 4.79 Å². The van der Waals surface area contributed by atoms with Gasteiger partial charge in [0.25, 0.3) is 0 Å². The smallest absolute Gasteiger partial charge is 0.293 e. The van der Waals surface area contributed by atoms with E-state index in [2.05, 4.69) is 20.8 Å². The molecule has 1 saturated carbocycles. The molecule has 0 radical (unpaired) electrons. The van der Waals surface area contributed by atoms with Gasteiger partial charge in [-0.25, -0.2) is 4.79 Å². The average molecular weight is 262 g/mol. The van der Waals surface area contributed by atoms with E-state index >= 15 is 0 Å². The Bertz CT molecular complexity index is 425. The highest BCUT2D eigenvalue weighted by molar-refractivity contribution is 5.88. The van der Waals surface area contributed by atoms with E-state index in [1.165, 1.54) is 6.42 Å². The van der Waals surface area contributed by atoms with Gasteiger partial charge in [0.2, 0.25) is 0 Å². The van der Waals surface area contributed by atoms with Crippen molar-refractivity contribution in [3.8, 4) is 0 Å². The van der Waals surface area contributed by atoms with Gasteiger partial charge in [-0.15, -0.1) is 0 Å². The highest BCUT2D eigenvalue weighted by atomic mass is 17.2. The molecule has 0 aliphatic heterocycles. The molecule has 19 heavy (non-hydrogen) atoms. The molecule has 0 spiro atoms. The summed E-state index contributed by atoms with van der Waals surface area (Å²) < 4.78 is 0. The molecule has 0 saturated heterocycles. The van der Waals surface area contributed by atoms with Crippen LogP contribution < -0.4 is 0 Å². The maximum Gasteiger partial charge on any atom is 0.373 e. The number of hydrogen-bond donors (Lipinski definition) is 0. The standard InChI is InChI=1S/C16H22O3/c1-12-9-14(11-16(2,3)10-12)18-19-15(17)13-7-5-4-6-8-13/h4-8,12,14H,9-11H2,1-3H3. The van der Waals surface area contributed by atoms with Crippen molar-refractivity contribution in [3.63, 3.8) is 0 Å². The maximum absolute atomic E-state index is 11.8. The zero-order valence-corrected chi connectivity index (χ0v) is 11.9. The molecule has 0 aromatic heterocycles. The van der Waals surface area contributed by atoms with Gasteiger partial charge in [0.1, 0.15) is 6.10 Å². The van der Waals surface area contributed by atoms with Gasteiger partial charge in [-0.1, -0.05) is 39.0 Å². The quantitative estimate of drug-likeness (QED) is 0.610. The van der Waals surface area contributed by atoms with Crippen LogP contribution in [-0.2, 0) is 9.78 Å². The van der Waals surface area contributed by atoms with Crippen LogP contribution in [0.4, 0.5) is 0 Å². The van der Waals surface area contributed by atoms with E-state index in [0.29, 0.717) is 11.5 Å². The normalized spacial score (nSPS) is 25.8. The van der Waals surface area contributed by atoms with E-state index in [1.807, 2.05) is 18.2 Å². The Kier molecular flexibility index (Phi) is 4.25. The van der Waals surface area contributed by atoms with Crippen molar-refractivity contribution < 1.29 is 14.6 Å². The molecule has 0 amide bonds. The fraction of sp³-hybridized carbons (Fsp3) is 0.562. The molecule has 0 bridgehead atoms. The minimum Gasteiger partial charge on any atom is -0.293 e. The zero-order valence-electron chi connectivity index (χ0n) is 11.9. The molecule has 1 aromatic carbocycles. The van der Waals surface area contributed by atoms with Crippen LogP contribution in [0.2, 0.25) is 0 Å². The molecule has 0 N–H and O–H groups in total. The molecule has 1 aromatic rings. The summed E-state index contributed by atoms with van der Waals surface area (Å²) >= 11 is 0. The molecule has 2 atom stereocenters. The van der Waals surface area contributed by atoms with Crippen LogP contribution >= 0.6 is 0 Å². The molecular formula is C16H22O3. The summed E-state index contributed by atoms with van der Waals surface area (Å²) in [5, 5.41) is 0. The molecule has 0 heterocycles. The Labute approximate surface area is 114 Å². The molecule has 1 aliphatic rings. The minimum absolute atomic E-state index is 0.00594. The zero-order chi connectivity index (χ0) is 13.9. The van der Waals surface area contributed by atoms with Gasteiger partial charge in [-0.05, 0) is 42.7 Å². The number of rotatable bonds is 3. The highest BCUT2D eigenvalue weighted by Crippen LogP contribution is 2.39. The van der Waals surface area contributed by atoms with Crippen molar-refractivity contribution in [3.05, 3.63) is 35.9 Å². The van der Waals surface area contributed by atoms with Crippen LogP contribution in [0.1, 0.15) is 50.4 Å². The fourth-order valence-corrected chi connectivity index (χ4v) is 3.07. The molecule has 3 heteroatoms. The number of carbonyl (C=O) groups is 1. The molecule has 3 nitrogen and oxygen atoms in total. The molecule has 1 fully saturated rings. The van der Waals surface area contributed by atoms with Gasteiger partial charge in [0.05, 0.1) is 5.56 Å². The summed E-state index contributed by atoms with van der Waals surface area (Å²) in [4.78, 5) is 22.1. The average Bonchev–Trinajstić information content (AvgIpc) is 2.34. The lowest BCUT2D eigenvalue weighted by molar-refractivity contribution is -0.287. The molecule has 2 rings (SSSR count). The number of hydrogen-bond acceptors (Lipinski definition) is 3. The maximum atomic E-state index is 11.8. The Hall–Kier alpha value is -1.35. The second-order valence-corrected chi connectivity index (χ2v) is 6.37. The summed E-state index contributed by atoms with van der Waals surface area (Å²) in [5.74, 6) is 0.181. The van der Waals surface area contributed by atoms with E-state index < -0.39 is 5.97 Å². The summed E-state index contributed by atoms with van der Waals surface area (Å²) in [7, 11) is 0. The lowest BCUT2D eigenvalue weighted by Crippen LogP contribution is -2.33. The Morgan fingerprint density at radius 3 is 2.53 bits per heavy atom. The lowest BCUT2D eigenvalue weighted by Gasteiger charge is -2.37. The molecule has 2 unspecified atom stereocenters. The lowest BCUT2D eigenvalue weighted by atomic mass is 9.71. The van der Waals surface area contributed by atoms with Crippen molar-refractivity contribution in [2.24, 2.45) is 11.3 Å². The van der Waals surface area contributed by atoms with E-state index in [1.54, 1.807) is 12.1 Å². The third-order valence-corrected chi connectivity index (χ3v) is 3.62. The van der Waals surface area contributed by atoms with Crippen molar-refractivity contribution >= 4 is 5.97 Å². The van der Waals surface area contributed by atoms with Crippen LogP contribution in [-0.4, -0.2) is 12.1 Å². The van der Waals surface area contributed by atoms with Crippen LogP contribution in [0.5, 0.6) is 0 Å². The minimum atomic E-state index is -0.420. The monoisotopic (exact) mass is 262 g/mol. The van der Waals surface area contributed by atoms with Crippen molar-refractivity contribution in [1.82, 2.24) is 0 Å². The van der Waals surface area contributed by atoms with Gasteiger partial charge in [-0.2, -0.15) is 4.89 Å². The first kappa shape index (κ1) is 14.1. The van der Waals surface area contributed by atoms with Gasteiger partial charge in [-0.3, -0.25) is 4.89 Å². The SMILES string of the molecule is CC1CC(OOC(=O)c2ccccc2)CC(C)(C)C1. The van der Waals surface area contributed by atoms with E-state index in [0.717, 1.165) is 12.8 Å². The molecular weight excluding hydrogens is 240 g/mol. The number of benzene rings is 1. The Morgan fingerprint density at radius 2 is 1.89 bits per heavy atom. The van der Waals surface area contributed by atoms with Gasteiger partial charge in [0, 0.05) is 0 Å². The fourth-order valence-electron chi connectivity index (χ4n) is 3.07. The van der Waals surface area contributed by atoms with Gasteiger partial charge in [0.15, 0.2) is 0 Å². The van der Waals surface area contributed by atoms with E-state index in [-0.39, 0.29) is 11.5 Å². The van der Waals surface area contributed by atoms with Gasteiger partial charge >= 0.3 is 5.97 Å². The Morgan fingerprint density at radius 1 is 1.21 bits per heavy atom. The first-order valence-electron chi connectivity index (χ1n) is 6.89. The second kappa shape index (κ2) is 5.74. The Balaban J connectivity index is 1.87. The molecule has 1 aliphatic carbocycles. The van der Waals surface area contributed by atoms with E-state index in [4.69, 9.17) is 9.78 Å². The predicted molar refractivity (Wildman–Crippen MR) is 73.5 cm³/mol. The first-order chi connectivity index (χ1) is 8.96. The molecule has 104 valence electrons. The largest absolute Gasteiger partial charge is 0.373 e. The first-order valence-corrected chi connectivity index (χ1v) is 6.89. The van der Waals surface area contributed by atoms with Crippen LogP contribution in [0.15, 0.2) is 30.3 Å². The van der Waals surface area contributed by atoms with Crippen molar-refractivity contribution in [1.29, 1.82) is 0 Å². The predicted octanol–water partition coefficient (Wildman–Crippen LogP) is 3.99. The number of carbonyl (C=O) groups excluding carboxylic acids is 1. The summed E-state index contributed by atoms with van der Waals surface area (Å²) in [5.41, 5.74) is 0.771. The topological polar surface area (TPSA) is 35.5 Å². The summed E-state index contributed by atoms with van der Waals surface area (Å²) in [6.07, 6.45) is 3.08.